The maximum Gasteiger partial charge on any atom is 0.0410 e. The van der Waals surface area contributed by atoms with Crippen molar-refractivity contribution in [1.29, 1.82) is 0 Å². The van der Waals surface area contributed by atoms with Gasteiger partial charge in [0.05, 0.1) is 0 Å². The van der Waals surface area contributed by atoms with Crippen LogP contribution in [0.2, 0.25) is 0 Å². The Balaban J connectivity index is 2.04. The van der Waals surface area contributed by atoms with Gasteiger partial charge in [0.2, 0.25) is 0 Å². The van der Waals surface area contributed by atoms with Crippen LogP contribution in [0.3, 0.4) is 0 Å². The van der Waals surface area contributed by atoms with Crippen molar-refractivity contribution < 1.29 is 0 Å². The van der Waals surface area contributed by atoms with E-state index >= 15 is 0 Å². The average Bonchev–Trinajstić information content (AvgIpc) is 2.38. The number of pyridine rings is 1. The summed E-state index contributed by atoms with van der Waals surface area (Å²) >= 11 is 3.50. The molecule has 2 rings (SSSR count). The summed E-state index contributed by atoms with van der Waals surface area (Å²) in [5, 5.41) is 0. The number of halogens is 1. The van der Waals surface area contributed by atoms with Crippen molar-refractivity contribution in [3.05, 3.63) is 28.5 Å². The Morgan fingerprint density at radius 1 is 1.33 bits per heavy atom. The molecule has 3 heteroatoms. The summed E-state index contributed by atoms with van der Waals surface area (Å²) in [4.78, 5) is 4.26. The normalized spacial score (nSPS) is 28.3. The van der Waals surface area contributed by atoms with Gasteiger partial charge < -0.3 is 5.73 Å². The highest BCUT2D eigenvalue weighted by Crippen LogP contribution is 2.37. The third-order valence-corrected chi connectivity index (χ3v) is 4.82. The SMILES string of the molecule is CCC1CCC(CN)C(Cc2cncc(Br)c2)C1. The van der Waals surface area contributed by atoms with Crippen molar-refractivity contribution in [1.82, 2.24) is 4.98 Å². The van der Waals surface area contributed by atoms with Crippen LogP contribution in [-0.4, -0.2) is 11.5 Å². The molecule has 1 fully saturated rings. The Morgan fingerprint density at radius 2 is 2.17 bits per heavy atom. The zero-order valence-electron chi connectivity index (χ0n) is 11.1. The molecule has 1 aliphatic carbocycles. The zero-order valence-corrected chi connectivity index (χ0v) is 12.7. The number of nitrogens with zero attached hydrogens (tertiary/aromatic N) is 1. The summed E-state index contributed by atoms with van der Waals surface area (Å²) in [5.41, 5.74) is 7.28. The molecule has 0 aromatic carbocycles. The smallest absolute Gasteiger partial charge is 0.0410 e. The Hall–Kier alpha value is -0.410. The van der Waals surface area contributed by atoms with Gasteiger partial charge in [0.15, 0.2) is 0 Å². The van der Waals surface area contributed by atoms with Crippen molar-refractivity contribution >= 4 is 15.9 Å². The van der Waals surface area contributed by atoms with Gasteiger partial charge in [-0.15, -0.1) is 0 Å². The molecule has 0 aliphatic heterocycles. The molecule has 3 unspecified atom stereocenters. The third kappa shape index (κ3) is 3.55. The van der Waals surface area contributed by atoms with Gasteiger partial charge in [0.25, 0.3) is 0 Å². The van der Waals surface area contributed by atoms with Gasteiger partial charge in [-0.05, 0) is 71.1 Å². The van der Waals surface area contributed by atoms with Crippen molar-refractivity contribution in [2.24, 2.45) is 23.5 Å². The molecular formula is C15H23BrN2. The second kappa shape index (κ2) is 6.67. The maximum atomic E-state index is 5.94. The lowest BCUT2D eigenvalue weighted by molar-refractivity contribution is 0.180. The summed E-state index contributed by atoms with van der Waals surface area (Å²) in [7, 11) is 0. The van der Waals surface area contributed by atoms with Crippen LogP contribution in [0.15, 0.2) is 22.9 Å². The maximum absolute atomic E-state index is 5.94. The minimum absolute atomic E-state index is 0.701. The van der Waals surface area contributed by atoms with Crippen LogP contribution in [0.1, 0.15) is 38.2 Å². The minimum atomic E-state index is 0.701. The number of aromatic nitrogens is 1. The zero-order chi connectivity index (χ0) is 13.0. The first-order chi connectivity index (χ1) is 8.72. The van der Waals surface area contributed by atoms with Gasteiger partial charge in [0, 0.05) is 16.9 Å². The molecule has 2 nitrogen and oxygen atoms in total. The molecule has 0 spiro atoms. The van der Waals surface area contributed by atoms with Gasteiger partial charge in [0.1, 0.15) is 0 Å². The van der Waals surface area contributed by atoms with Gasteiger partial charge in [-0.1, -0.05) is 19.8 Å². The molecule has 1 aromatic heterocycles. The minimum Gasteiger partial charge on any atom is -0.330 e. The second-order valence-corrected chi connectivity index (χ2v) is 6.47. The first kappa shape index (κ1) is 14.0. The van der Waals surface area contributed by atoms with Crippen LogP contribution in [-0.2, 0) is 6.42 Å². The Labute approximate surface area is 119 Å². The van der Waals surface area contributed by atoms with E-state index in [0.717, 1.165) is 29.3 Å². The van der Waals surface area contributed by atoms with Gasteiger partial charge in [-0.25, -0.2) is 0 Å². The molecule has 1 heterocycles. The Morgan fingerprint density at radius 3 is 2.83 bits per heavy atom. The highest BCUT2D eigenvalue weighted by Gasteiger charge is 2.28. The topological polar surface area (TPSA) is 38.9 Å². The molecule has 0 amide bonds. The number of rotatable bonds is 4. The second-order valence-electron chi connectivity index (χ2n) is 5.56. The first-order valence-electron chi connectivity index (χ1n) is 7.02. The van der Waals surface area contributed by atoms with Crippen molar-refractivity contribution in [3.8, 4) is 0 Å². The van der Waals surface area contributed by atoms with E-state index in [9.17, 15) is 0 Å². The number of nitrogens with two attached hydrogens (primary N) is 1. The average molecular weight is 311 g/mol. The Kier molecular flexibility index (Phi) is 5.19. The largest absolute Gasteiger partial charge is 0.330 e. The number of hydrogen-bond donors (Lipinski definition) is 1. The fourth-order valence-corrected chi connectivity index (χ4v) is 3.64. The van der Waals surface area contributed by atoms with E-state index in [4.69, 9.17) is 5.73 Å². The van der Waals surface area contributed by atoms with Gasteiger partial charge in [-0.2, -0.15) is 0 Å². The molecular weight excluding hydrogens is 288 g/mol. The van der Waals surface area contributed by atoms with Gasteiger partial charge in [-0.3, -0.25) is 4.98 Å². The highest BCUT2D eigenvalue weighted by molar-refractivity contribution is 9.10. The van der Waals surface area contributed by atoms with Crippen LogP contribution in [0.4, 0.5) is 0 Å². The van der Waals surface area contributed by atoms with Crippen LogP contribution in [0, 0.1) is 17.8 Å². The molecule has 2 N–H and O–H groups in total. The summed E-state index contributed by atoms with van der Waals surface area (Å²) in [6, 6.07) is 2.19. The molecule has 18 heavy (non-hydrogen) atoms. The molecule has 0 radical (unpaired) electrons. The lowest BCUT2D eigenvalue weighted by Gasteiger charge is -2.35. The number of hydrogen-bond acceptors (Lipinski definition) is 2. The van der Waals surface area contributed by atoms with Crippen LogP contribution in [0.25, 0.3) is 0 Å². The molecule has 3 atom stereocenters. The van der Waals surface area contributed by atoms with Crippen LogP contribution in [0.5, 0.6) is 0 Å². The highest BCUT2D eigenvalue weighted by atomic mass is 79.9. The standard InChI is InChI=1S/C15H23BrN2/c1-2-11-3-4-13(8-17)14(5-11)6-12-7-15(16)10-18-9-12/h7,9-11,13-14H,2-6,8,17H2,1H3. The Bertz CT molecular complexity index is 381. The van der Waals surface area contributed by atoms with Crippen molar-refractivity contribution in [3.63, 3.8) is 0 Å². The van der Waals surface area contributed by atoms with E-state index < -0.39 is 0 Å². The predicted octanol–water partition coefficient (Wildman–Crippen LogP) is 3.79. The van der Waals surface area contributed by atoms with E-state index in [2.05, 4.69) is 33.9 Å². The van der Waals surface area contributed by atoms with E-state index in [1.54, 1.807) is 0 Å². The third-order valence-electron chi connectivity index (χ3n) is 4.39. The lowest BCUT2D eigenvalue weighted by Crippen LogP contribution is -2.31. The van der Waals surface area contributed by atoms with Crippen LogP contribution < -0.4 is 5.73 Å². The fourth-order valence-electron chi connectivity index (χ4n) is 3.23. The molecule has 100 valence electrons. The van der Waals surface area contributed by atoms with Crippen molar-refractivity contribution in [2.75, 3.05) is 6.54 Å². The molecule has 0 bridgehead atoms. The fraction of sp³-hybridized carbons (Fsp3) is 0.667. The lowest BCUT2D eigenvalue weighted by atomic mass is 9.71. The van der Waals surface area contributed by atoms with E-state index in [-0.39, 0.29) is 0 Å². The molecule has 1 aliphatic rings. The van der Waals surface area contributed by atoms with Crippen molar-refractivity contribution in [2.45, 2.75) is 39.0 Å². The predicted molar refractivity (Wildman–Crippen MR) is 79.3 cm³/mol. The van der Waals surface area contributed by atoms with E-state index in [1.807, 2.05) is 12.4 Å². The first-order valence-corrected chi connectivity index (χ1v) is 7.81. The summed E-state index contributed by atoms with van der Waals surface area (Å²) in [5.74, 6) is 2.34. The monoisotopic (exact) mass is 310 g/mol. The molecule has 1 aromatic rings. The van der Waals surface area contributed by atoms with E-state index in [1.165, 1.54) is 31.2 Å². The summed E-state index contributed by atoms with van der Waals surface area (Å²) in [6.45, 7) is 3.15. The van der Waals surface area contributed by atoms with Crippen LogP contribution >= 0.6 is 15.9 Å². The molecule has 1 saturated carbocycles. The van der Waals surface area contributed by atoms with E-state index in [0.29, 0.717) is 5.92 Å². The summed E-state index contributed by atoms with van der Waals surface area (Å²) in [6.07, 6.45) is 10.3. The quantitative estimate of drug-likeness (QED) is 0.919. The molecule has 0 saturated heterocycles. The summed E-state index contributed by atoms with van der Waals surface area (Å²) < 4.78 is 1.08. The van der Waals surface area contributed by atoms with Gasteiger partial charge >= 0.3 is 0 Å².